The molecule has 9 heteroatoms. The monoisotopic (exact) mass is 393 g/mol. The number of aliphatic hydroxyl groups is 1. The Morgan fingerprint density at radius 3 is 2.86 bits per heavy atom. The van der Waals surface area contributed by atoms with Gasteiger partial charge in [0.1, 0.15) is 30.0 Å². The Labute approximate surface area is 160 Å². The standard InChI is InChI=1S/C19H21F2N3O4/c1-11(13-4-3-5-14(9-13)28-18(20)21)8-16-22-7-6-17(23-16)24-15(12(2)25)10-27-19(24)26/h3-7,9,11-12,15,18,25H,8,10H2,1-2H3/t11-,12-,15-/m1/s1. The van der Waals surface area contributed by atoms with E-state index in [1.54, 1.807) is 25.1 Å². The fraction of sp³-hybridized carbons (Fsp3) is 0.421. The van der Waals surface area contributed by atoms with Crippen molar-refractivity contribution in [2.24, 2.45) is 0 Å². The van der Waals surface area contributed by atoms with Crippen molar-refractivity contribution in [2.45, 2.75) is 44.9 Å². The molecule has 0 saturated carbocycles. The zero-order valence-corrected chi connectivity index (χ0v) is 15.5. The van der Waals surface area contributed by atoms with E-state index in [9.17, 15) is 18.7 Å². The molecule has 0 aliphatic carbocycles. The molecule has 1 aromatic carbocycles. The molecule has 0 radical (unpaired) electrons. The maximum atomic E-state index is 12.4. The summed E-state index contributed by atoms with van der Waals surface area (Å²) in [6, 6.07) is 7.54. The van der Waals surface area contributed by atoms with E-state index in [1.807, 2.05) is 13.0 Å². The first-order chi connectivity index (χ1) is 13.3. The summed E-state index contributed by atoms with van der Waals surface area (Å²) in [6.07, 6.45) is 0.612. The van der Waals surface area contributed by atoms with Gasteiger partial charge in [0, 0.05) is 12.6 Å². The lowest BCUT2D eigenvalue weighted by Crippen LogP contribution is -2.41. The number of aliphatic hydroxyl groups excluding tert-OH is 1. The van der Waals surface area contributed by atoms with Crippen molar-refractivity contribution in [2.75, 3.05) is 11.5 Å². The van der Waals surface area contributed by atoms with Gasteiger partial charge in [-0.1, -0.05) is 19.1 Å². The van der Waals surface area contributed by atoms with Crippen molar-refractivity contribution >= 4 is 11.9 Å². The molecule has 1 N–H and O–H groups in total. The minimum absolute atomic E-state index is 0.0745. The molecule has 0 bridgehead atoms. The second-order valence-corrected chi connectivity index (χ2v) is 6.64. The molecule has 7 nitrogen and oxygen atoms in total. The fourth-order valence-corrected chi connectivity index (χ4v) is 3.06. The van der Waals surface area contributed by atoms with Crippen LogP contribution in [0.25, 0.3) is 0 Å². The highest BCUT2D eigenvalue weighted by Gasteiger charge is 2.38. The van der Waals surface area contributed by atoms with Gasteiger partial charge >= 0.3 is 12.7 Å². The molecule has 150 valence electrons. The topological polar surface area (TPSA) is 84.8 Å². The van der Waals surface area contributed by atoms with Crippen LogP contribution in [0.5, 0.6) is 5.75 Å². The Balaban J connectivity index is 1.77. The smallest absolute Gasteiger partial charge is 0.416 e. The summed E-state index contributed by atoms with van der Waals surface area (Å²) in [4.78, 5) is 22.0. The lowest BCUT2D eigenvalue weighted by atomic mass is 9.97. The highest BCUT2D eigenvalue weighted by Crippen LogP contribution is 2.26. The predicted molar refractivity (Wildman–Crippen MR) is 96.5 cm³/mol. The number of carbonyl (C=O) groups excluding carboxylic acids is 1. The van der Waals surface area contributed by atoms with Crippen LogP contribution < -0.4 is 9.64 Å². The summed E-state index contributed by atoms with van der Waals surface area (Å²) in [5.41, 5.74) is 0.801. The summed E-state index contributed by atoms with van der Waals surface area (Å²) < 4.78 is 34.3. The van der Waals surface area contributed by atoms with E-state index in [-0.39, 0.29) is 18.3 Å². The zero-order valence-electron chi connectivity index (χ0n) is 15.5. The van der Waals surface area contributed by atoms with Crippen LogP contribution in [-0.4, -0.2) is 46.5 Å². The number of rotatable bonds is 7. The van der Waals surface area contributed by atoms with Crippen molar-refractivity contribution in [3.63, 3.8) is 0 Å². The average molecular weight is 393 g/mol. The van der Waals surface area contributed by atoms with Gasteiger partial charge in [0.2, 0.25) is 0 Å². The number of nitrogens with zero attached hydrogens (tertiary/aromatic N) is 3. The van der Waals surface area contributed by atoms with E-state index in [1.165, 1.54) is 17.2 Å². The Hall–Kier alpha value is -2.81. The number of ether oxygens (including phenoxy) is 2. The average Bonchev–Trinajstić information content (AvgIpc) is 3.03. The Bertz CT molecular complexity index is 834. The van der Waals surface area contributed by atoms with Crippen LogP contribution >= 0.6 is 0 Å². The highest BCUT2D eigenvalue weighted by molar-refractivity contribution is 5.89. The van der Waals surface area contributed by atoms with Gasteiger partial charge in [-0.15, -0.1) is 0 Å². The van der Waals surface area contributed by atoms with Crippen molar-refractivity contribution in [1.82, 2.24) is 9.97 Å². The third-order valence-electron chi connectivity index (χ3n) is 4.54. The van der Waals surface area contributed by atoms with Crippen LogP contribution in [0.15, 0.2) is 36.5 Å². The molecule has 0 spiro atoms. The first-order valence-electron chi connectivity index (χ1n) is 8.86. The third kappa shape index (κ3) is 4.53. The molecule has 2 aromatic rings. The molecule has 1 saturated heterocycles. The number of anilines is 1. The van der Waals surface area contributed by atoms with E-state index in [0.29, 0.717) is 18.1 Å². The van der Waals surface area contributed by atoms with E-state index >= 15 is 0 Å². The van der Waals surface area contributed by atoms with Gasteiger partial charge in [-0.25, -0.2) is 14.8 Å². The Morgan fingerprint density at radius 1 is 1.36 bits per heavy atom. The van der Waals surface area contributed by atoms with E-state index in [4.69, 9.17) is 4.74 Å². The largest absolute Gasteiger partial charge is 0.447 e. The molecule has 0 unspecified atom stereocenters. The Morgan fingerprint density at radius 2 is 2.14 bits per heavy atom. The molecular formula is C19H21F2N3O4. The lowest BCUT2D eigenvalue weighted by Gasteiger charge is -2.22. The number of carbonyl (C=O) groups is 1. The number of benzene rings is 1. The van der Waals surface area contributed by atoms with Crippen LogP contribution in [0.2, 0.25) is 0 Å². The summed E-state index contributed by atoms with van der Waals surface area (Å²) >= 11 is 0. The van der Waals surface area contributed by atoms with Gasteiger partial charge < -0.3 is 14.6 Å². The number of aromatic nitrogens is 2. The van der Waals surface area contributed by atoms with Crippen LogP contribution in [0.3, 0.4) is 0 Å². The molecule has 1 amide bonds. The van der Waals surface area contributed by atoms with E-state index in [0.717, 1.165) is 5.56 Å². The van der Waals surface area contributed by atoms with Crippen molar-refractivity contribution in [3.8, 4) is 5.75 Å². The molecule has 2 heterocycles. The number of amides is 1. The quantitative estimate of drug-likeness (QED) is 0.778. The minimum atomic E-state index is -2.88. The summed E-state index contributed by atoms with van der Waals surface area (Å²) in [5, 5.41) is 9.87. The molecule has 1 fully saturated rings. The Kier molecular flexibility index (Phi) is 6.03. The molecule has 1 aromatic heterocycles. The second kappa shape index (κ2) is 8.47. The summed E-state index contributed by atoms with van der Waals surface area (Å²) in [7, 11) is 0. The first kappa shape index (κ1) is 19.9. The second-order valence-electron chi connectivity index (χ2n) is 6.64. The molecule has 1 aliphatic heterocycles. The normalized spacial score (nSPS) is 18.9. The van der Waals surface area contributed by atoms with Crippen LogP contribution in [-0.2, 0) is 11.2 Å². The predicted octanol–water partition coefficient (Wildman–Crippen LogP) is 3.13. The van der Waals surface area contributed by atoms with Gasteiger partial charge in [0.05, 0.1) is 6.10 Å². The highest BCUT2D eigenvalue weighted by atomic mass is 19.3. The minimum Gasteiger partial charge on any atom is -0.447 e. The third-order valence-corrected chi connectivity index (χ3v) is 4.54. The van der Waals surface area contributed by atoms with Crippen LogP contribution in [0.4, 0.5) is 19.4 Å². The number of cyclic esters (lactones) is 1. The zero-order chi connectivity index (χ0) is 20.3. The summed E-state index contributed by atoms with van der Waals surface area (Å²) in [5.74, 6) is 0.845. The number of hydrogen-bond donors (Lipinski definition) is 1. The number of alkyl halides is 2. The number of halogens is 2. The SMILES string of the molecule is C[C@H](Cc1nccc(N2C(=O)OC[C@@H]2[C@@H](C)O)n1)c1cccc(OC(F)F)c1. The van der Waals surface area contributed by atoms with Gasteiger partial charge in [0.15, 0.2) is 0 Å². The molecular weight excluding hydrogens is 372 g/mol. The maximum absolute atomic E-state index is 12.4. The van der Waals surface area contributed by atoms with E-state index in [2.05, 4.69) is 14.7 Å². The number of hydrogen-bond acceptors (Lipinski definition) is 6. The van der Waals surface area contributed by atoms with Gasteiger partial charge in [-0.2, -0.15) is 8.78 Å². The first-order valence-corrected chi connectivity index (χ1v) is 8.86. The van der Waals surface area contributed by atoms with Gasteiger partial charge in [-0.05, 0) is 36.6 Å². The van der Waals surface area contributed by atoms with Gasteiger partial charge in [-0.3, -0.25) is 4.90 Å². The maximum Gasteiger partial charge on any atom is 0.416 e. The van der Waals surface area contributed by atoms with Crippen molar-refractivity contribution in [3.05, 3.63) is 47.9 Å². The molecule has 28 heavy (non-hydrogen) atoms. The molecule has 1 aliphatic rings. The molecule has 3 atom stereocenters. The lowest BCUT2D eigenvalue weighted by molar-refractivity contribution is -0.0499. The van der Waals surface area contributed by atoms with Crippen LogP contribution in [0.1, 0.15) is 31.2 Å². The van der Waals surface area contributed by atoms with Gasteiger partial charge in [0.25, 0.3) is 0 Å². The summed E-state index contributed by atoms with van der Waals surface area (Å²) in [6.45, 7) is 0.703. The van der Waals surface area contributed by atoms with Crippen molar-refractivity contribution < 1.29 is 28.2 Å². The van der Waals surface area contributed by atoms with Crippen molar-refractivity contribution in [1.29, 1.82) is 0 Å². The fourth-order valence-electron chi connectivity index (χ4n) is 3.06. The van der Waals surface area contributed by atoms with Crippen LogP contribution in [0, 0.1) is 0 Å². The molecule has 3 rings (SSSR count). The van der Waals surface area contributed by atoms with E-state index < -0.39 is 24.9 Å².